The van der Waals surface area contributed by atoms with Crippen molar-refractivity contribution in [2.75, 3.05) is 0 Å². The van der Waals surface area contributed by atoms with E-state index in [9.17, 15) is 62.3 Å². The summed E-state index contributed by atoms with van der Waals surface area (Å²) in [6.07, 6.45) is -29.5. The lowest BCUT2D eigenvalue weighted by Gasteiger charge is -2.79. The minimum atomic E-state index is -6.13. The molecule has 3 nitrogen and oxygen atoms in total. The smallest absolute Gasteiger partial charge is 0.429 e. The van der Waals surface area contributed by atoms with E-state index < -0.39 is 108 Å². The Morgan fingerprint density at radius 2 is 1.22 bits per heavy atom. The zero-order chi connectivity index (χ0) is 28.5. The highest BCUT2D eigenvalue weighted by atomic mass is 19.4. The minimum Gasteiger partial charge on any atom is -0.440 e. The lowest BCUT2D eigenvalue weighted by Crippen LogP contribution is -2.91. The summed E-state index contributed by atoms with van der Waals surface area (Å²) in [6.45, 7) is 0.889. The molecule has 4 atom stereocenters. The zero-order valence-corrected chi connectivity index (χ0v) is 19.3. The Labute approximate surface area is 202 Å². The molecule has 0 spiro atoms. The average Bonchev–Trinajstić information content (AvgIpc) is 3.55. The van der Waals surface area contributed by atoms with Crippen LogP contribution >= 0.6 is 0 Å². The van der Waals surface area contributed by atoms with Gasteiger partial charge in [0.25, 0.3) is 0 Å². The van der Waals surface area contributed by atoms with Crippen molar-refractivity contribution in [3.05, 3.63) is 0 Å². The van der Waals surface area contributed by atoms with Gasteiger partial charge in [-0.05, 0) is 38.5 Å². The molecule has 4 unspecified atom stereocenters. The second-order valence-electron chi connectivity index (χ2n) is 11.2. The monoisotopic (exact) mass is 561 g/mol. The SMILES string of the molecule is CC1(C(=O)C2(C(F)(F)F)CC2)C(C2(C(F)(F)F)CC2)C(O[C]=O)(C(F)(F)F)C1(C)C1(C(F)(F)F)CCC1. The van der Waals surface area contributed by atoms with E-state index in [0.29, 0.717) is 13.4 Å². The molecule has 37 heavy (non-hydrogen) atoms. The summed E-state index contributed by atoms with van der Waals surface area (Å²) < 4.78 is 177. The fourth-order valence-electron chi connectivity index (χ4n) is 7.91. The largest absolute Gasteiger partial charge is 0.440 e. The van der Waals surface area contributed by atoms with Crippen molar-refractivity contribution >= 4 is 12.3 Å². The Kier molecular flexibility index (Phi) is 5.42. The molecular formula is C22H21F12O3. The van der Waals surface area contributed by atoms with Crippen molar-refractivity contribution in [2.24, 2.45) is 33.0 Å². The van der Waals surface area contributed by atoms with Crippen LogP contribution in [0.4, 0.5) is 52.7 Å². The van der Waals surface area contributed by atoms with Gasteiger partial charge in [0.2, 0.25) is 5.60 Å². The first-order valence-corrected chi connectivity index (χ1v) is 11.3. The number of hydrogen-bond acceptors (Lipinski definition) is 3. The Morgan fingerprint density at radius 3 is 1.46 bits per heavy atom. The van der Waals surface area contributed by atoms with Crippen molar-refractivity contribution in [3.63, 3.8) is 0 Å². The van der Waals surface area contributed by atoms with E-state index in [1.54, 1.807) is 0 Å². The Hall–Kier alpha value is -1.70. The van der Waals surface area contributed by atoms with Gasteiger partial charge in [-0.1, -0.05) is 20.3 Å². The highest BCUT2D eigenvalue weighted by Gasteiger charge is 3.01. The van der Waals surface area contributed by atoms with Gasteiger partial charge < -0.3 is 4.74 Å². The molecule has 15 heteroatoms. The average molecular weight is 561 g/mol. The Bertz CT molecular complexity index is 996. The first-order valence-electron chi connectivity index (χ1n) is 11.3. The highest BCUT2D eigenvalue weighted by Crippen LogP contribution is 2.90. The van der Waals surface area contributed by atoms with Gasteiger partial charge >= 0.3 is 31.2 Å². The van der Waals surface area contributed by atoms with Crippen LogP contribution in [-0.4, -0.2) is 42.6 Å². The number of alkyl halides is 12. The van der Waals surface area contributed by atoms with Crippen LogP contribution in [0.2, 0.25) is 0 Å². The van der Waals surface area contributed by atoms with Gasteiger partial charge in [-0.15, -0.1) is 0 Å². The predicted octanol–water partition coefficient (Wildman–Crippen LogP) is 7.00. The number of hydrogen-bond donors (Lipinski definition) is 0. The van der Waals surface area contributed by atoms with Crippen molar-refractivity contribution < 1.29 is 67.0 Å². The van der Waals surface area contributed by atoms with Crippen LogP contribution in [0.15, 0.2) is 0 Å². The molecule has 4 aliphatic carbocycles. The molecule has 0 aliphatic heterocycles. The first kappa shape index (κ1) is 28.3. The molecule has 4 aliphatic rings. The van der Waals surface area contributed by atoms with E-state index in [4.69, 9.17) is 0 Å². The molecule has 0 aromatic heterocycles. The normalized spacial score (nSPS) is 38.2. The molecular weight excluding hydrogens is 540 g/mol. The molecule has 0 saturated heterocycles. The van der Waals surface area contributed by atoms with Crippen LogP contribution in [-0.2, 0) is 14.3 Å². The van der Waals surface area contributed by atoms with Gasteiger partial charge in [-0.2, -0.15) is 52.7 Å². The standard InChI is InChI=1S/C22H21F12O3/c1-13(12(36)16(8-9-16)20(26,27)28)11(15(6-7-15)19(23,24)25)18(37-10-35,22(32,33)34)14(13,2)17(4-3-5-17)21(29,30)31/h11H,3-9H2,1-2H3. The fourth-order valence-corrected chi connectivity index (χ4v) is 7.91. The molecule has 4 saturated carbocycles. The Balaban J connectivity index is 2.13. The molecule has 0 aromatic carbocycles. The van der Waals surface area contributed by atoms with Gasteiger partial charge in [0, 0.05) is 16.7 Å². The number of Topliss-reactive ketones (excluding diaryl/α,β-unsaturated/α-hetero) is 1. The van der Waals surface area contributed by atoms with Crippen LogP contribution in [0.3, 0.4) is 0 Å². The van der Waals surface area contributed by atoms with Crippen molar-refractivity contribution in [3.8, 4) is 0 Å². The van der Waals surface area contributed by atoms with E-state index in [1.165, 1.54) is 0 Å². The number of ether oxygens (including phenoxy) is 1. The van der Waals surface area contributed by atoms with E-state index in [0.717, 1.165) is 0 Å². The molecule has 0 N–H and O–H groups in total. The minimum absolute atomic E-state index is 0.206. The van der Waals surface area contributed by atoms with Crippen molar-refractivity contribution in [2.45, 2.75) is 89.1 Å². The maximum atomic E-state index is 14.9. The molecule has 4 rings (SSSR count). The lowest BCUT2D eigenvalue weighted by atomic mass is 9.24. The fraction of sp³-hybridized carbons (Fsp3) is 0.909. The van der Waals surface area contributed by atoms with Crippen LogP contribution in [0.5, 0.6) is 0 Å². The van der Waals surface area contributed by atoms with Crippen LogP contribution < -0.4 is 0 Å². The number of ketones is 1. The quantitative estimate of drug-likeness (QED) is 0.328. The number of rotatable bonds is 6. The van der Waals surface area contributed by atoms with Gasteiger partial charge in [0.05, 0.1) is 10.8 Å². The third-order valence-corrected chi connectivity index (χ3v) is 10.2. The van der Waals surface area contributed by atoms with Gasteiger partial charge in [-0.3, -0.25) is 4.79 Å². The summed E-state index contributed by atoms with van der Waals surface area (Å²) >= 11 is 0. The second-order valence-corrected chi connectivity index (χ2v) is 11.2. The summed E-state index contributed by atoms with van der Waals surface area (Å²) in [7, 11) is 0. The summed E-state index contributed by atoms with van der Waals surface area (Å²) in [5, 5.41) is 0. The number of carbonyl (C=O) groups is 1. The highest BCUT2D eigenvalue weighted by molar-refractivity contribution is 5.96. The molecule has 1 radical (unpaired) electrons. The molecule has 0 heterocycles. The summed E-state index contributed by atoms with van der Waals surface area (Å²) in [5.74, 6) is -5.45. The van der Waals surface area contributed by atoms with Crippen molar-refractivity contribution in [1.82, 2.24) is 0 Å². The van der Waals surface area contributed by atoms with E-state index in [1.807, 2.05) is 0 Å². The molecule has 4 fully saturated rings. The zero-order valence-electron chi connectivity index (χ0n) is 19.3. The lowest BCUT2D eigenvalue weighted by molar-refractivity contribution is -0.478. The second kappa shape index (κ2) is 7.08. The molecule has 211 valence electrons. The van der Waals surface area contributed by atoms with E-state index in [-0.39, 0.29) is 13.3 Å². The third-order valence-electron chi connectivity index (χ3n) is 10.2. The topological polar surface area (TPSA) is 43.4 Å². The number of halogens is 12. The summed E-state index contributed by atoms with van der Waals surface area (Å²) in [4.78, 5) is 24.9. The van der Waals surface area contributed by atoms with Gasteiger partial charge in [-0.25, -0.2) is 4.79 Å². The maximum Gasteiger partial charge on any atom is 0.429 e. The van der Waals surface area contributed by atoms with Crippen LogP contribution in [0.1, 0.15) is 58.8 Å². The van der Waals surface area contributed by atoms with E-state index in [2.05, 4.69) is 4.74 Å². The summed E-state index contributed by atoms with van der Waals surface area (Å²) in [5.41, 5.74) is -22.3. The maximum absolute atomic E-state index is 14.9. The molecule has 0 amide bonds. The van der Waals surface area contributed by atoms with E-state index >= 15 is 0 Å². The van der Waals surface area contributed by atoms with Crippen LogP contribution in [0, 0.1) is 33.0 Å². The number of carbonyl (C=O) groups excluding carboxylic acids is 2. The third kappa shape index (κ3) is 2.79. The predicted molar refractivity (Wildman–Crippen MR) is 98.1 cm³/mol. The molecule has 0 aromatic rings. The van der Waals surface area contributed by atoms with Gasteiger partial charge in [0.15, 0.2) is 5.78 Å². The van der Waals surface area contributed by atoms with Crippen molar-refractivity contribution in [1.29, 1.82) is 0 Å². The Morgan fingerprint density at radius 1 is 0.730 bits per heavy atom. The van der Waals surface area contributed by atoms with Gasteiger partial charge in [0.1, 0.15) is 5.41 Å². The molecule has 0 bridgehead atoms. The first-order chi connectivity index (χ1) is 16.5. The van der Waals surface area contributed by atoms with Crippen LogP contribution in [0.25, 0.3) is 0 Å². The summed E-state index contributed by atoms with van der Waals surface area (Å²) in [6, 6.07) is 0.